The highest BCUT2D eigenvalue weighted by molar-refractivity contribution is 6.05. The number of nitrogens with one attached hydrogen (secondary N) is 3. The molecule has 0 aliphatic heterocycles. The smallest absolute Gasteiger partial charge is 0.255 e. The Balaban J connectivity index is 1.25. The van der Waals surface area contributed by atoms with E-state index in [-0.39, 0.29) is 11.7 Å². The van der Waals surface area contributed by atoms with E-state index in [0.29, 0.717) is 11.3 Å². The predicted octanol–water partition coefficient (Wildman–Crippen LogP) is 7.54. The number of aromatic nitrogens is 5. The number of nitrogens with zero attached hydrogens (tertiary/aromatic N) is 3. The lowest BCUT2D eigenvalue weighted by molar-refractivity contribution is 0.102. The number of hydrogen-bond donors (Lipinski definition) is 3. The second-order valence-electron chi connectivity index (χ2n) is 9.96. The molecular weight excluding hydrogens is 515 g/mol. The SMILES string of the molecule is Cc1cc(F)cc(-c2cncc3[nH]c(-c4n[nH]c5ccc(-c6cncc(NC(=O)c7ccccc7)c6)cc45)cc23)c1. The molecule has 0 aliphatic carbocycles. The maximum Gasteiger partial charge on any atom is 0.255 e. The maximum atomic E-state index is 14.2. The van der Waals surface area contributed by atoms with E-state index >= 15 is 0 Å². The van der Waals surface area contributed by atoms with Crippen molar-refractivity contribution in [1.29, 1.82) is 0 Å². The van der Waals surface area contributed by atoms with Crippen LogP contribution in [0.1, 0.15) is 15.9 Å². The molecule has 0 radical (unpaired) electrons. The van der Waals surface area contributed by atoms with Crippen LogP contribution in [0.4, 0.5) is 10.1 Å². The topological polar surface area (TPSA) is 99.3 Å². The van der Waals surface area contributed by atoms with Crippen LogP contribution in [0.5, 0.6) is 0 Å². The van der Waals surface area contributed by atoms with E-state index in [1.54, 1.807) is 36.9 Å². The third kappa shape index (κ3) is 4.61. The third-order valence-electron chi connectivity index (χ3n) is 7.08. The number of hydrogen-bond acceptors (Lipinski definition) is 4. The monoisotopic (exact) mass is 538 g/mol. The Hall–Kier alpha value is -5.63. The lowest BCUT2D eigenvalue weighted by Gasteiger charge is -2.08. The summed E-state index contributed by atoms with van der Waals surface area (Å²) in [4.78, 5) is 24.8. The van der Waals surface area contributed by atoms with Crippen LogP contribution in [0.15, 0.2) is 104 Å². The number of pyridine rings is 2. The number of carbonyl (C=O) groups excluding carboxylic acids is 1. The minimum Gasteiger partial charge on any atom is -0.352 e. The summed E-state index contributed by atoms with van der Waals surface area (Å²) in [7, 11) is 0. The van der Waals surface area contributed by atoms with Gasteiger partial charge in [-0.05, 0) is 72.1 Å². The second-order valence-corrected chi connectivity index (χ2v) is 9.96. The highest BCUT2D eigenvalue weighted by Crippen LogP contribution is 2.35. The van der Waals surface area contributed by atoms with Crippen LogP contribution in [-0.2, 0) is 0 Å². The van der Waals surface area contributed by atoms with E-state index < -0.39 is 0 Å². The fraction of sp³-hybridized carbons (Fsp3) is 0.0303. The number of anilines is 1. The highest BCUT2D eigenvalue weighted by Gasteiger charge is 2.16. The number of rotatable bonds is 5. The Morgan fingerprint density at radius 2 is 1.63 bits per heavy atom. The first-order valence-corrected chi connectivity index (χ1v) is 13.1. The molecule has 4 aromatic heterocycles. The Kier molecular flexibility index (Phi) is 5.86. The van der Waals surface area contributed by atoms with Gasteiger partial charge in [0.2, 0.25) is 0 Å². The molecule has 4 heterocycles. The highest BCUT2D eigenvalue weighted by atomic mass is 19.1. The Morgan fingerprint density at radius 3 is 2.49 bits per heavy atom. The molecular formula is C33H23FN6O. The quantitative estimate of drug-likeness (QED) is 0.211. The number of benzene rings is 3. The normalized spacial score (nSPS) is 11.3. The minimum absolute atomic E-state index is 0.196. The largest absolute Gasteiger partial charge is 0.352 e. The second kappa shape index (κ2) is 9.84. The van der Waals surface area contributed by atoms with E-state index in [1.807, 2.05) is 55.5 Å². The van der Waals surface area contributed by atoms with Crippen LogP contribution in [0.3, 0.4) is 0 Å². The van der Waals surface area contributed by atoms with E-state index in [9.17, 15) is 9.18 Å². The number of fused-ring (bicyclic) bond motifs is 2. The molecule has 3 aromatic carbocycles. The first-order valence-electron chi connectivity index (χ1n) is 13.1. The van der Waals surface area contributed by atoms with E-state index in [1.165, 1.54) is 12.1 Å². The molecule has 0 spiro atoms. The van der Waals surface area contributed by atoms with Crippen molar-refractivity contribution in [1.82, 2.24) is 25.1 Å². The molecule has 8 heteroatoms. The lowest BCUT2D eigenvalue weighted by atomic mass is 10.0. The number of H-pyrrole nitrogens is 2. The van der Waals surface area contributed by atoms with E-state index in [0.717, 1.165) is 61.0 Å². The number of amides is 1. The molecule has 0 bridgehead atoms. The zero-order chi connectivity index (χ0) is 27.9. The van der Waals surface area contributed by atoms with Crippen molar-refractivity contribution in [3.8, 4) is 33.6 Å². The molecule has 41 heavy (non-hydrogen) atoms. The van der Waals surface area contributed by atoms with Crippen molar-refractivity contribution in [3.05, 3.63) is 121 Å². The van der Waals surface area contributed by atoms with Crippen LogP contribution in [-0.4, -0.2) is 31.1 Å². The first-order chi connectivity index (χ1) is 20.0. The number of aromatic amines is 2. The van der Waals surface area contributed by atoms with Gasteiger partial charge in [0.25, 0.3) is 5.91 Å². The minimum atomic E-state index is -0.281. The molecule has 7 rings (SSSR count). The average molecular weight is 539 g/mol. The summed E-state index contributed by atoms with van der Waals surface area (Å²) in [6.07, 6.45) is 6.91. The zero-order valence-corrected chi connectivity index (χ0v) is 21.9. The van der Waals surface area contributed by atoms with E-state index in [4.69, 9.17) is 0 Å². The summed E-state index contributed by atoms with van der Waals surface area (Å²) >= 11 is 0. The van der Waals surface area contributed by atoms with Gasteiger partial charge in [0.1, 0.15) is 11.5 Å². The van der Waals surface area contributed by atoms with Gasteiger partial charge in [-0.1, -0.05) is 30.3 Å². The molecule has 0 fully saturated rings. The summed E-state index contributed by atoms with van der Waals surface area (Å²) in [5.41, 5.74) is 8.69. The molecule has 0 saturated heterocycles. The summed E-state index contributed by atoms with van der Waals surface area (Å²) < 4.78 is 14.2. The third-order valence-corrected chi connectivity index (χ3v) is 7.08. The van der Waals surface area contributed by atoms with Crippen molar-refractivity contribution >= 4 is 33.4 Å². The molecule has 3 N–H and O–H groups in total. The van der Waals surface area contributed by atoms with Gasteiger partial charge >= 0.3 is 0 Å². The van der Waals surface area contributed by atoms with Crippen LogP contribution in [0.2, 0.25) is 0 Å². The summed E-state index contributed by atoms with van der Waals surface area (Å²) in [6, 6.07) is 24.0. The van der Waals surface area contributed by atoms with Gasteiger partial charge in [-0.25, -0.2) is 4.39 Å². The number of carbonyl (C=O) groups is 1. The molecule has 7 nitrogen and oxygen atoms in total. The van der Waals surface area contributed by atoms with Gasteiger partial charge in [0, 0.05) is 39.9 Å². The molecule has 0 aliphatic rings. The first kappa shape index (κ1) is 24.4. The van der Waals surface area contributed by atoms with Crippen LogP contribution in [0, 0.1) is 12.7 Å². The summed E-state index contributed by atoms with van der Waals surface area (Å²) in [6.45, 7) is 1.87. The van der Waals surface area contributed by atoms with E-state index in [2.05, 4.69) is 36.5 Å². The Bertz CT molecular complexity index is 2060. The molecule has 0 saturated carbocycles. The number of aryl methyl sites for hydroxylation is 1. The summed E-state index contributed by atoms with van der Waals surface area (Å²) in [5, 5.41) is 12.5. The van der Waals surface area contributed by atoms with Gasteiger partial charge in [-0.2, -0.15) is 5.10 Å². The van der Waals surface area contributed by atoms with Crippen LogP contribution >= 0.6 is 0 Å². The van der Waals surface area contributed by atoms with Gasteiger partial charge < -0.3 is 10.3 Å². The predicted molar refractivity (Wildman–Crippen MR) is 159 cm³/mol. The Morgan fingerprint density at radius 1 is 0.780 bits per heavy atom. The van der Waals surface area contributed by atoms with Crippen molar-refractivity contribution in [2.75, 3.05) is 5.32 Å². The maximum absolute atomic E-state index is 14.2. The lowest BCUT2D eigenvalue weighted by Crippen LogP contribution is -2.11. The van der Waals surface area contributed by atoms with Gasteiger partial charge in [-0.3, -0.25) is 19.9 Å². The fourth-order valence-electron chi connectivity index (χ4n) is 5.16. The van der Waals surface area contributed by atoms with Crippen LogP contribution < -0.4 is 5.32 Å². The Labute approximate surface area is 234 Å². The molecule has 1 amide bonds. The van der Waals surface area contributed by atoms with Gasteiger partial charge in [0.05, 0.1) is 34.8 Å². The van der Waals surface area contributed by atoms with Gasteiger partial charge in [0.15, 0.2) is 0 Å². The average Bonchev–Trinajstić information content (AvgIpc) is 3.61. The summed E-state index contributed by atoms with van der Waals surface area (Å²) in [5.74, 6) is -0.477. The van der Waals surface area contributed by atoms with Crippen molar-refractivity contribution < 1.29 is 9.18 Å². The van der Waals surface area contributed by atoms with Crippen molar-refractivity contribution in [2.45, 2.75) is 6.92 Å². The number of halogens is 1. The standard InChI is InChI=1S/C33H23FN6O/c1-19-9-22(11-24(34)10-19)28-17-36-18-31-26(28)14-30(38-31)32-27-13-21(7-8-29(27)39-40-32)23-12-25(16-35-15-23)37-33(41)20-5-3-2-4-6-20/h2-18,38H,1H3,(H,37,41)(H,39,40). The molecule has 7 aromatic rings. The molecule has 0 unspecified atom stereocenters. The fourth-order valence-corrected chi connectivity index (χ4v) is 5.16. The van der Waals surface area contributed by atoms with Crippen LogP contribution in [0.25, 0.3) is 55.4 Å². The van der Waals surface area contributed by atoms with Gasteiger partial charge in [-0.15, -0.1) is 0 Å². The molecule has 198 valence electrons. The van der Waals surface area contributed by atoms with Crippen molar-refractivity contribution in [3.63, 3.8) is 0 Å². The molecule has 0 atom stereocenters. The zero-order valence-electron chi connectivity index (χ0n) is 21.9. The van der Waals surface area contributed by atoms with Crippen molar-refractivity contribution in [2.24, 2.45) is 0 Å².